The first-order chi connectivity index (χ1) is 10.8. The smallest absolute Gasteiger partial charge is 0.219 e. The van der Waals surface area contributed by atoms with Crippen molar-refractivity contribution in [3.05, 3.63) is 20.2 Å². The zero-order valence-corrected chi connectivity index (χ0v) is 14.7. The molecule has 142 valence electrons. The normalized spacial score (nSPS) is 15.3. The molecule has 3 N–H and O–H groups in total. The standard InChI is InChI=1S/C14H29N3O7/c1-13(2,16(21)22)7-11(19)9-15(5-6-18)10-12(20)8-14(3,4)17(23)24/h11-12,18-20H,5-10H2,1-4H3. The van der Waals surface area contributed by atoms with Crippen LogP contribution in [0, 0.1) is 20.2 Å². The Hall–Kier alpha value is -1.36. The van der Waals surface area contributed by atoms with Gasteiger partial charge >= 0.3 is 0 Å². The van der Waals surface area contributed by atoms with Gasteiger partial charge in [0.1, 0.15) is 0 Å². The summed E-state index contributed by atoms with van der Waals surface area (Å²) in [4.78, 5) is 22.4. The lowest BCUT2D eigenvalue weighted by molar-refractivity contribution is -0.563. The van der Waals surface area contributed by atoms with Gasteiger partial charge < -0.3 is 15.3 Å². The number of aliphatic hydroxyl groups excluding tert-OH is 3. The Kier molecular flexibility index (Phi) is 8.69. The predicted molar refractivity (Wildman–Crippen MR) is 86.9 cm³/mol. The third-order valence-corrected chi connectivity index (χ3v) is 3.81. The highest BCUT2D eigenvalue weighted by molar-refractivity contribution is 4.79. The summed E-state index contributed by atoms with van der Waals surface area (Å²) in [5.74, 6) is 0. The van der Waals surface area contributed by atoms with E-state index in [1.54, 1.807) is 4.90 Å². The number of nitrogens with zero attached hydrogens (tertiary/aromatic N) is 3. The fourth-order valence-electron chi connectivity index (χ4n) is 2.43. The van der Waals surface area contributed by atoms with Crippen molar-refractivity contribution in [2.45, 2.75) is 63.8 Å². The van der Waals surface area contributed by atoms with Crippen molar-refractivity contribution in [3.8, 4) is 0 Å². The Bertz CT molecular complexity index is 393. The lowest BCUT2D eigenvalue weighted by atomic mass is 9.96. The molecule has 0 aromatic rings. The summed E-state index contributed by atoms with van der Waals surface area (Å²) in [6.45, 7) is 5.58. The van der Waals surface area contributed by atoms with Crippen molar-refractivity contribution in [2.75, 3.05) is 26.2 Å². The summed E-state index contributed by atoms with van der Waals surface area (Å²) < 4.78 is 0. The molecule has 10 nitrogen and oxygen atoms in total. The van der Waals surface area contributed by atoms with Gasteiger partial charge in [-0.05, 0) is 0 Å². The second-order valence-corrected chi connectivity index (χ2v) is 7.34. The fraction of sp³-hybridized carbons (Fsp3) is 1.00. The molecule has 0 spiro atoms. The summed E-state index contributed by atoms with van der Waals surface area (Å²) in [6, 6.07) is 0. The average Bonchev–Trinajstić information content (AvgIpc) is 2.36. The third-order valence-electron chi connectivity index (χ3n) is 3.81. The average molecular weight is 351 g/mol. The van der Waals surface area contributed by atoms with E-state index in [1.165, 1.54) is 27.7 Å². The second-order valence-electron chi connectivity index (χ2n) is 7.34. The minimum Gasteiger partial charge on any atom is -0.395 e. The van der Waals surface area contributed by atoms with Crippen molar-refractivity contribution in [1.29, 1.82) is 0 Å². The lowest BCUT2D eigenvalue weighted by Crippen LogP contribution is -2.45. The van der Waals surface area contributed by atoms with Gasteiger partial charge in [0.05, 0.1) is 18.8 Å². The number of hydrogen-bond donors (Lipinski definition) is 3. The minimum atomic E-state index is -1.30. The van der Waals surface area contributed by atoms with Crippen molar-refractivity contribution in [3.63, 3.8) is 0 Å². The summed E-state index contributed by atoms with van der Waals surface area (Å²) >= 11 is 0. The van der Waals surface area contributed by atoms with Gasteiger partial charge in [-0.3, -0.25) is 25.1 Å². The number of rotatable bonds is 12. The van der Waals surface area contributed by atoms with Gasteiger partial charge in [0.15, 0.2) is 0 Å². The Morgan fingerprint density at radius 1 is 0.917 bits per heavy atom. The minimum absolute atomic E-state index is 0.0216. The van der Waals surface area contributed by atoms with E-state index < -0.39 is 33.1 Å². The molecule has 2 atom stereocenters. The molecule has 0 saturated carbocycles. The molecule has 24 heavy (non-hydrogen) atoms. The first-order valence-electron chi connectivity index (χ1n) is 7.80. The van der Waals surface area contributed by atoms with Gasteiger partial charge in [0.2, 0.25) is 11.1 Å². The van der Waals surface area contributed by atoms with E-state index in [2.05, 4.69) is 0 Å². The van der Waals surface area contributed by atoms with E-state index in [1.807, 2.05) is 0 Å². The summed E-state index contributed by atoms with van der Waals surface area (Å²) in [6.07, 6.45) is -2.21. The van der Waals surface area contributed by atoms with E-state index in [0.29, 0.717) is 0 Å². The SMILES string of the molecule is CC(C)(CC(O)CN(CCO)CC(O)CC(C)(C)[N+](=O)[O-])[N+](=O)[O-]. The Morgan fingerprint density at radius 3 is 1.50 bits per heavy atom. The van der Waals surface area contributed by atoms with Crippen LogP contribution in [0.1, 0.15) is 40.5 Å². The van der Waals surface area contributed by atoms with E-state index in [4.69, 9.17) is 5.11 Å². The summed E-state index contributed by atoms with van der Waals surface area (Å²) in [7, 11) is 0. The number of nitro groups is 2. The molecule has 0 fully saturated rings. The van der Waals surface area contributed by atoms with E-state index >= 15 is 0 Å². The van der Waals surface area contributed by atoms with Crippen LogP contribution in [0.3, 0.4) is 0 Å². The van der Waals surface area contributed by atoms with Gasteiger partial charge in [-0.15, -0.1) is 0 Å². The monoisotopic (exact) mass is 351 g/mol. The zero-order valence-electron chi connectivity index (χ0n) is 14.7. The summed E-state index contributed by atoms with van der Waals surface area (Å²) in [5.41, 5.74) is -2.59. The Labute approximate surface area is 141 Å². The van der Waals surface area contributed by atoms with Gasteiger partial charge in [0.25, 0.3) is 0 Å². The van der Waals surface area contributed by atoms with Crippen LogP contribution in [0.15, 0.2) is 0 Å². The lowest BCUT2D eigenvalue weighted by Gasteiger charge is -2.29. The molecule has 2 unspecified atom stereocenters. The molecule has 0 aliphatic rings. The van der Waals surface area contributed by atoms with Crippen molar-refractivity contribution >= 4 is 0 Å². The highest BCUT2D eigenvalue weighted by Gasteiger charge is 2.36. The number of hydrogen-bond acceptors (Lipinski definition) is 8. The quantitative estimate of drug-likeness (QED) is 0.325. The molecule has 0 aliphatic carbocycles. The highest BCUT2D eigenvalue weighted by Crippen LogP contribution is 2.18. The van der Waals surface area contributed by atoms with E-state index in [9.17, 15) is 30.4 Å². The van der Waals surface area contributed by atoms with Crippen LogP contribution in [0.2, 0.25) is 0 Å². The molecular formula is C14H29N3O7. The van der Waals surface area contributed by atoms with Crippen LogP contribution in [0.4, 0.5) is 0 Å². The van der Waals surface area contributed by atoms with Gasteiger partial charge in [-0.25, -0.2) is 0 Å². The maximum absolute atomic E-state index is 10.9. The molecule has 0 aromatic heterocycles. The van der Waals surface area contributed by atoms with Gasteiger partial charge in [0, 0.05) is 70.0 Å². The number of aliphatic hydroxyl groups is 3. The van der Waals surface area contributed by atoms with Crippen LogP contribution in [-0.4, -0.2) is 79.6 Å². The van der Waals surface area contributed by atoms with Crippen LogP contribution in [0.25, 0.3) is 0 Å². The molecule has 0 bridgehead atoms. The topological polar surface area (TPSA) is 150 Å². The van der Waals surface area contributed by atoms with Crippen molar-refractivity contribution in [1.82, 2.24) is 4.90 Å². The molecule has 0 aromatic carbocycles. The Morgan fingerprint density at radius 2 is 1.25 bits per heavy atom. The summed E-state index contributed by atoms with van der Waals surface area (Å²) in [5, 5.41) is 51.0. The second kappa shape index (κ2) is 9.21. The van der Waals surface area contributed by atoms with Gasteiger partial charge in [-0.1, -0.05) is 0 Å². The molecular weight excluding hydrogens is 322 g/mol. The van der Waals surface area contributed by atoms with Crippen molar-refractivity contribution < 1.29 is 25.2 Å². The molecule has 0 amide bonds. The zero-order chi connectivity index (χ0) is 19.1. The third kappa shape index (κ3) is 7.95. The molecule has 0 heterocycles. The maximum atomic E-state index is 10.9. The van der Waals surface area contributed by atoms with Gasteiger partial charge in [-0.2, -0.15) is 0 Å². The van der Waals surface area contributed by atoms with Crippen molar-refractivity contribution in [2.24, 2.45) is 0 Å². The van der Waals surface area contributed by atoms with E-state index in [0.717, 1.165) is 0 Å². The molecule has 0 rings (SSSR count). The van der Waals surface area contributed by atoms with E-state index in [-0.39, 0.29) is 39.1 Å². The fourth-order valence-corrected chi connectivity index (χ4v) is 2.43. The molecule has 0 aliphatic heterocycles. The predicted octanol–water partition coefficient (Wildman–Crippen LogP) is -0.107. The first-order valence-corrected chi connectivity index (χ1v) is 7.80. The largest absolute Gasteiger partial charge is 0.395 e. The van der Waals surface area contributed by atoms with Crippen LogP contribution in [0.5, 0.6) is 0 Å². The van der Waals surface area contributed by atoms with Crippen LogP contribution >= 0.6 is 0 Å². The van der Waals surface area contributed by atoms with Crippen LogP contribution < -0.4 is 0 Å². The highest BCUT2D eigenvalue weighted by atomic mass is 16.6. The molecule has 0 radical (unpaired) electrons. The van der Waals surface area contributed by atoms with Crippen LogP contribution in [-0.2, 0) is 0 Å². The Balaban J connectivity index is 4.69. The first kappa shape index (κ1) is 22.6. The molecule has 10 heteroatoms. The maximum Gasteiger partial charge on any atom is 0.219 e. The molecule has 0 saturated heterocycles.